The van der Waals surface area contributed by atoms with Crippen LogP contribution >= 0.6 is 15.9 Å². The van der Waals surface area contributed by atoms with Gasteiger partial charge in [0, 0.05) is 40.0 Å². The number of benzene rings is 1. The number of hydrogen-bond donors (Lipinski definition) is 0. The molecule has 0 N–H and O–H groups in total. The molecule has 0 fully saturated rings. The first-order valence-electron chi connectivity index (χ1n) is 6.82. The molecule has 1 aromatic carbocycles. The predicted octanol–water partition coefficient (Wildman–Crippen LogP) is 3.68. The minimum atomic E-state index is -0.745. The van der Waals surface area contributed by atoms with Gasteiger partial charge in [0.1, 0.15) is 0 Å². The Hall–Kier alpha value is -2.02. The number of nitrogens with zero attached hydrogens (tertiary/aromatic N) is 2. The molecule has 0 saturated carbocycles. The number of pyridine rings is 1. The first-order valence-corrected chi connectivity index (χ1v) is 7.61. The molecule has 0 spiro atoms. The zero-order valence-corrected chi connectivity index (χ0v) is 14.1. The number of methoxy groups -OCH3 is 2. The quantitative estimate of drug-likeness (QED) is 0.809. The van der Waals surface area contributed by atoms with Gasteiger partial charge >= 0.3 is 0 Å². The van der Waals surface area contributed by atoms with E-state index >= 15 is 0 Å². The van der Waals surface area contributed by atoms with E-state index in [-0.39, 0.29) is 23.5 Å². The van der Waals surface area contributed by atoms with Gasteiger partial charge in [0.2, 0.25) is 0 Å². The molecule has 0 bridgehead atoms. The Morgan fingerprint density at radius 3 is 2.39 bits per heavy atom. The van der Waals surface area contributed by atoms with E-state index in [1.807, 2.05) is 6.07 Å². The lowest BCUT2D eigenvalue weighted by atomic mass is 10.0. The highest BCUT2D eigenvalue weighted by Gasteiger charge is 2.25. The zero-order chi connectivity index (χ0) is 16.6. The van der Waals surface area contributed by atoms with Gasteiger partial charge in [-0.3, -0.25) is 9.98 Å². The predicted molar refractivity (Wildman–Crippen MR) is 85.3 cm³/mol. The van der Waals surface area contributed by atoms with Crippen molar-refractivity contribution in [1.29, 1.82) is 0 Å². The third kappa shape index (κ3) is 2.81. The molecule has 1 aliphatic heterocycles. The summed E-state index contributed by atoms with van der Waals surface area (Å²) < 4.78 is 39.6. The second kappa shape index (κ2) is 6.23. The normalized spacial score (nSPS) is 12.8. The van der Waals surface area contributed by atoms with E-state index in [0.717, 1.165) is 15.7 Å². The van der Waals surface area contributed by atoms with Crippen molar-refractivity contribution in [3.05, 3.63) is 51.3 Å². The van der Waals surface area contributed by atoms with Crippen LogP contribution in [-0.2, 0) is 13.0 Å². The van der Waals surface area contributed by atoms with Gasteiger partial charge in [0.25, 0.3) is 0 Å². The van der Waals surface area contributed by atoms with Crippen LogP contribution in [0.15, 0.2) is 27.8 Å². The largest absolute Gasteiger partial charge is 0.494 e. The molecule has 0 aliphatic carbocycles. The Morgan fingerprint density at radius 2 is 1.78 bits per heavy atom. The lowest BCUT2D eigenvalue weighted by Crippen LogP contribution is -2.10. The van der Waals surface area contributed by atoms with Crippen molar-refractivity contribution in [1.82, 2.24) is 4.98 Å². The Kier molecular flexibility index (Phi) is 4.30. The molecule has 1 aromatic heterocycles. The average Bonchev–Trinajstić information content (AvgIpc) is 2.94. The SMILES string of the molecule is COc1cc(OC)c(F)c(CC2=NCc3ncc(Br)cc32)c1F. The summed E-state index contributed by atoms with van der Waals surface area (Å²) in [6, 6.07) is 3.04. The van der Waals surface area contributed by atoms with Crippen LogP contribution in [0.5, 0.6) is 11.5 Å². The van der Waals surface area contributed by atoms with Crippen LogP contribution in [-0.4, -0.2) is 24.9 Å². The number of fused-ring (bicyclic) bond motifs is 1. The fourth-order valence-electron chi connectivity index (χ4n) is 2.51. The van der Waals surface area contributed by atoms with Gasteiger partial charge in [-0.2, -0.15) is 0 Å². The molecular formula is C16H13BrF2N2O2. The number of aliphatic imine (C=N–C) groups is 1. The van der Waals surface area contributed by atoms with Crippen LogP contribution in [0, 0.1) is 11.6 Å². The van der Waals surface area contributed by atoms with Gasteiger partial charge in [-0.25, -0.2) is 8.78 Å². The first-order chi connectivity index (χ1) is 11.0. The summed E-state index contributed by atoms with van der Waals surface area (Å²) in [6.45, 7) is 0.405. The van der Waals surface area contributed by atoms with Crippen LogP contribution in [0.1, 0.15) is 16.8 Å². The van der Waals surface area contributed by atoms with E-state index in [2.05, 4.69) is 25.9 Å². The van der Waals surface area contributed by atoms with Crippen molar-refractivity contribution in [2.24, 2.45) is 4.99 Å². The van der Waals surface area contributed by atoms with E-state index in [1.165, 1.54) is 20.3 Å². The van der Waals surface area contributed by atoms with E-state index in [9.17, 15) is 8.78 Å². The maximum atomic E-state index is 14.5. The number of rotatable bonds is 4. The summed E-state index contributed by atoms with van der Waals surface area (Å²) in [5.41, 5.74) is 2.04. The fraction of sp³-hybridized carbons (Fsp3) is 0.250. The third-order valence-electron chi connectivity index (χ3n) is 3.68. The summed E-state index contributed by atoms with van der Waals surface area (Å²) >= 11 is 3.35. The molecule has 3 rings (SSSR count). The molecule has 0 unspecified atom stereocenters. The molecule has 0 radical (unpaired) electrons. The lowest BCUT2D eigenvalue weighted by Gasteiger charge is -2.13. The minimum Gasteiger partial charge on any atom is -0.494 e. The smallest absolute Gasteiger partial charge is 0.171 e. The van der Waals surface area contributed by atoms with Crippen LogP contribution < -0.4 is 9.47 Å². The summed E-state index contributed by atoms with van der Waals surface area (Å²) in [4.78, 5) is 8.62. The van der Waals surface area contributed by atoms with Crippen LogP contribution in [0.3, 0.4) is 0 Å². The Balaban J connectivity index is 2.04. The van der Waals surface area contributed by atoms with Gasteiger partial charge < -0.3 is 9.47 Å². The highest BCUT2D eigenvalue weighted by atomic mass is 79.9. The number of aromatic nitrogens is 1. The molecule has 0 saturated heterocycles. The average molecular weight is 383 g/mol. The Bertz CT molecular complexity index is 781. The van der Waals surface area contributed by atoms with Crippen molar-refractivity contribution < 1.29 is 18.3 Å². The van der Waals surface area contributed by atoms with Gasteiger partial charge in [0.15, 0.2) is 23.1 Å². The maximum absolute atomic E-state index is 14.5. The minimum absolute atomic E-state index is 0.00361. The second-order valence-corrected chi connectivity index (χ2v) is 5.89. The van der Waals surface area contributed by atoms with Crippen molar-refractivity contribution >= 4 is 21.6 Å². The van der Waals surface area contributed by atoms with Crippen LogP contribution in [0.25, 0.3) is 0 Å². The van der Waals surface area contributed by atoms with E-state index in [4.69, 9.17) is 9.47 Å². The molecular weight excluding hydrogens is 370 g/mol. The molecule has 1 aliphatic rings. The van der Waals surface area contributed by atoms with Gasteiger partial charge in [-0.15, -0.1) is 0 Å². The monoisotopic (exact) mass is 382 g/mol. The van der Waals surface area contributed by atoms with Crippen LogP contribution in [0.4, 0.5) is 8.78 Å². The molecule has 0 atom stereocenters. The summed E-state index contributed by atoms with van der Waals surface area (Å²) in [6.07, 6.45) is 1.67. The standard InChI is InChI=1S/C16H13BrF2N2O2/c1-22-13-5-14(23-2)16(19)10(15(13)18)4-11-9-3-8(17)6-20-12(9)7-21-11/h3,5-6H,4,7H2,1-2H3. The summed E-state index contributed by atoms with van der Waals surface area (Å²) in [7, 11) is 2.64. The maximum Gasteiger partial charge on any atom is 0.171 e. The van der Waals surface area contributed by atoms with Crippen molar-refractivity contribution in [2.75, 3.05) is 14.2 Å². The molecule has 4 nitrogen and oxygen atoms in total. The highest BCUT2D eigenvalue weighted by molar-refractivity contribution is 9.10. The van der Waals surface area contributed by atoms with E-state index in [0.29, 0.717) is 12.3 Å². The third-order valence-corrected chi connectivity index (χ3v) is 4.11. The molecule has 7 heteroatoms. The summed E-state index contributed by atoms with van der Waals surface area (Å²) in [5.74, 6) is -1.62. The van der Waals surface area contributed by atoms with Crippen molar-refractivity contribution in [3.63, 3.8) is 0 Å². The molecule has 2 heterocycles. The fourth-order valence-corrected chi connectivity index (χ4v) is 2.84. The first kappa shape index (κ1) is 15.9. The molecule has 0 amide bonds. The number of ether oxygens (including phenoxy) is 2. The number of halogens is 3. The van der Waals surface area contributed by atoms with Crippen molar-refractivity contribution in [3.8, 4) is 11.5 Å². The Morgan fingerprint density at radius 1 is 1.13 bits per heavy atom. The molecule has 120 valence electrons. The van der Waals surface area contributed by atoms with Crippen LogP contribution in [0.2, 0.25) is 0 Å². The van der Waals surface area contributed by atoms with E-state index in [1.54, 1.807) is 6.20 Å². The second-order valence-electron chi connectivity index (χ2n) is 4.98. The highest BCUT2D eigenvalue weighted by Crippen LogP contribution is 2.33. The van der Waals surface area contributed by atoms with Gasteiger partial charge in [0.05, 0.1) is 26.5 Å². The zero-order valence-electron chi connectivity index (χ0n) is 12.5. The lowest BCUT2D eigenvalue weighted by molar-refractivity contribution is 0.354. The van der Waals surface area contributed by atoms with E-state index < -0.39 is 11.6 Å². The van der Waals surface area contributed by atoms with Crippen molar-refractivity contribution in [2.45, 2.75) is 13.0 Å². The number of hydrogen-bond acceptors (Lipinski definition) is 4. The molecule has 23 heavy (non-hydrogen) atoms. The molecule has 2 aromatic rings. The van der Waals surface area contributed by atoms with Gasteiger partial charge in [-0.1, -0.05) is 0 Å². The Labute approximate surface area is 140 Å². The summed E-state index contributed by atoms with van der Waals surface area (Å²) in [5, 5.41) is 0. The van der Waals surface area contributed by atoms with Gasteiger partial charge in [-0.05, 0) is 22.0 Å². The topological polar surface area (TPSA) is 43.7 Å².